The predicted octanol–water partition coefficient (Wildman–Crippen LogP) is 3.08. The first-order valence-corrected chi connectivity index (χ1v) is 6.68. The summed E-state index contributed by atoms with van der Waals surface area (Å²) in [4.78, 5) is 12.3. The van der Waals surface area contributed by atoms with Crippen molar-refractivity contribution in [2.45, 2.75) is 31.6 Å². The first kappa shape index (κ1) is 13.5. The molecule has 1 aliphatic rings. The molecule has 0 amide bonds. The maximum atomic E-state index is 14.1. The summed E-state index contributed by atoms with van der Waals surface area (Å²) in [5.41, 5.74) is -0.359. The fourth-order valence-corrected chi connectivity index (χ4v) is 3.16. The van der Waals surface area contributed by atoms with E-state index >= 15 is 0 Å². The molecule has 2 rings (SSSR count). The number of ketones is 1. The van der Waals surface area contributed by atoms with Crippen molar-refractivity contribution in [3.63, 3.8) is 0 Å². The monoisotopic (exact) mass is 269 g/mol. The summed E-state index contributed by atoms with van der Waals surface area (Å²) in [6.45, 7) is 3.26. The summed E-state index contributed by atoms with van der Waals surface area (Å²) < 4.78 is 14.1. The predicted molar refractivity (Wildman–Crippen MR) is 70.5 cm³/mol. The Hall–Kier alpha value is -0.930. The van der Waals surface area contributed by atoms with Gasteiger partial charge >= 0.3 is 0 Å². The second-order valence-corrected chi connectivity index (χ2v) is 5.11. The molecule has 1 aliphatic heterocycles. The first-order valence-electron chi connectivity index (χ1n) is 6.30. The van der Waals surface area contributed by atoms with Crippen LogP contribution in [0, 0.1) is 5.82 Å². The Morgan fingerprint density at radius 2 is 2.11 bits per heavy atom. The van der Waals surface area contributed by atoms with Gasteiger partial charge in [-0.2, -0.15) is 0 Å². The highest BCUT2D eigenvalue weighted by Crippen LogP contribution is 2.40. The quantitative estimate of drug-likeness (QED) is 0.914. The Balaban J connectivity index is 2.56. The number of piperidine rings is 1. The van der Waals surface area contributed by atoms with Gasteiger partial charge in [0.1, 0.15) is 11.6 Å². The van der Waals surface area contributed by atoms with Crippen LogP contribution in [0.15, 0.2) is 18.2 Å². The van der Waals surface area contributed by atoms with Crippen molar-refractivity contribution >= 4 is 17.4 Å². The molecule has 0 bridgehead atoms. The second kappa shape index (κ2) is 5.37. The van der Waals surface area contributed by atoms with Gasteiger partial charge in [0.25, 0.3) is 0 Å². The average molecular weight is 270 g/mol. The second-order valence-electron chi connectivity index (χ2n) is 4.71. The van der Waals surface area contributed by atoms with E-state index in [0.29, 0.717) is 29.8 Å². The Kier molecular flexibility index (Phi) is 4.03. The van der Waals surface area contributed by atoms with Crippen molar-refractivity contribution in [3.05, 3.63) is 34.6 Å². The molecule has 0 aliphatic carbocycles. The lowest BCUT2D eigenvalue weighted by molar-refractivity contribution is -0.125. The molecule has 1 heterocycles. The van der Waals surface area contributed by atoms with Gasteiger partial charge in [-0.3, -0.25) is 4.79 Å². The number of carbonyl (C=O) groups is 1. The van der Waals surface area contributed by atoms with Gasteiger partial charge < -0.3 is 5.32 Å². The average Bonchev–Trinajstić information content (AvgIpc) is 2.38. The molecule has 0 radical (unpaired) electrons. The van der Waals surface area contributed by atoms with E-state index in [-0.39, 0.29) is 11.6 Å². The molecule has 2 nitrogen and oxygen atoms in total. The van der Waals surface area contributed by atoms with Gasteiger partial charge in [0.15, 0.2) is 0 Å². The lowest BCUT2D eigenvalue weighted by Gasteiger charge is -2.37. The van der Waals surface area contributed by atoms with Crippen LogP contribution >= 0.6 is 11.6 Å². The number of halogens is 2. The van der Waals surface area contributed by atoms with Crippen LogP contribution in [-0.2, 0) is 10.2 Å². The number of carbonyl (C=O) groups excluding carboxylic acids is 1. The topological polar surface area (TPSA) is 29.1 Å². The molecule has 0 spiro atoms. The Labute approximate surface area is 112 Å². The smallest absolute Gasteiger partial charge is 0.143 e. The van der Waals surface area contributed by atoms with Gasteiger partial charge in [0, 0.05) is 17.0 Å². The minimum atomic E-state index is -0.748. The molecule has 98 valence electrons. The molecule has 1 N–H and O–H groups in total. The van der Waals surface area contributed by atoms with Crippen LogP contribution in [-0.4, -0.2) is 18.9 Å². The number of Topliss-reactive ketones (excluding diaryl/α,β-unsaturated/α-hetero) is 1. The number of hydrogen-bond donors (Lipinski definition) is 1. The van der Waals surface area contributed by atoms with E-state index in [0.717, 1.165) is 13.1 Å². The van der Waals surface area contributed by atoms with Crippen molar-refractivity contribution < 1.29 is 9.18 Å². The highest BCUT2D eigenvalue weighted by atomic mass is 35.5. The van der Waals surface area contributed by atoms with E-state index in [1.807, 2.05) is 6.92 Å². The Morgan fingerprint density at radius 1 is 1.44 bits per heavy atom. The lowest BCUT2D eigenvalue weighted by atomic mass is 9.69. The fourth-order valence-electron chi connectivity index (χ4n) is 2.82. The molecule has 1 aromatic rings. The summed E-state index contributed by atoms with van der Waals surface area (Å²) in [5, 5.41) is 3.57. The molecule has 1 fully saturated rings. The summed E-state index contributed by atoms with van der Waals surface area (Å²) in [6, 6.07) is 4.62. The highest BCUT2D eigenvalue weighted by molar-refractivity contribution is 6.31. The molecular weight excluding hydrogens is 253 g/mol. The van der Waals surface area contributed by atoms with E-state index in [1.54, 1.807) is 12.1 Å². The molecule has 0 unspecified atom stereocenters. The molecule has 1 saturated heterocycles. The third-order valence-corrected chi connectivity index (χ3v) is 4.07. The van der Waals surface area contributed by atoms with Crippen molar-refractivity contribution in [3.8, 4) is 0 Å². The third kappa shape index (κ3) is 2.17. The lowest BCUT2D eigenvalue weighted by Crippen LogP contribution is -2.46. The summed E-state index contributed by atoms with van der Waals surface area (Å²) >= 11 is 6.14. The van der Waals surface area contributed by atoms with Crippen molar-refractivity contribution in [2.75, 3.05) is 13.1 Å². The van der Waals surface area contributed by atoms with Gasteiger partial charge in [0.2, 0.25) is 0 Å². The number of rotatable bonds is 3. The van der Waals surface area contributed by atoms with Crippen LogP contribution in [0.4, 0.5) is 4.39 Å². The van der Waals surface area contributed by atoms with E-state index in [2.05, 4.69) is 5.32 Å². The van der Waals surface area contributed by atoms with Crippen molar-refractivity contribution in [1.29, 1.82) is 0 Å². The van der Waals surface area contributed by atoms with Crippen LogP contribution in [0.25, 0.3) is 0 Å². The maximum Gasteiger partial charge on any atom is 0.143 e. The third-order valence-electron chi connectivity index (χ3n) is 3.75. The number of nitrogens with one attached hydrogen (secondary N) is 1. The van der Waals surface area contributed by atoms with Gasteiger partial charge in [-0.25, -0.2) is 4.39 Å². The van der Waals surface area contributed by atoms with E-state index in [1.165, 1.54) is 6.07 Å². The molecule has 18 heavy (non-hydrogen) atoms. The van der Waals surface area contributed by atoms with Crippen LogP contribution < -0.4 is 5.32 Å². The minimum absolute atomic E-state index is 0.0796. The largest absolute Gasteiger partial charge is 0.317 e. The van der Waals surface area contributed by atoms with Crippen molar-refractivity contribution in [2.24, 2.45) is 0 Å². The van der Waals surface area contributed by atoms with Crippen LogP contribution in [0.1, 0.15) is 31.7 Å². The van der Waals surface area contributed by atoms with E-state index in [4.69, 9.17) is 11.6 Å². The zero-order valence-electron chi connectivity index (χ0n) is 10.4. The molecular formula is C14H17ClFNO. The molecule has 4 heteroatoms. The van der Waals surface area contributed by atoms with Gasteiger partial charge in [0.05, 0.1) is 5.41 Å². The Bertz CT molecular complexity index is 435. The van der Waals surface area contributed by atoms with Gasteiger partial charge in [-0.1, -0.05) is 24.6 Å². The van der Waals surface area contributed by atoms with E-state index in [9.17, 15) is 9.18 Å². The molecule has 0 atom stereocenters. The molecule has 1 aromatic carbocycles. The standard InChI is InChI=1S/C14H17ClFNO/c1-2-12(18)14(6-8-17-9-7-14)13-10(15)4-3-5-11(13)16/h3-5,17H,2,6-9H2,1H3. The number of hydrogen-bond acceptors (Lipinski definition) is 2. The van der Waals surface area contributed by atoms with Crippen LogP contribution in [0.3, 0.4) is 0 Å². The van der Waals surface area contributed by atoms with Crippen LogP contribution in [0.5, 0.6) is 0 Å². The number of benzene rings is 1. The van der Waals surface area contributed by atoms with Crippen molar-refractivity contribution in [1.82, 2.24) is 5.32 Å². The van der Waals surface area contributed by atoms with Gasteiger partial charge in [-0.15, -0.1) is 0 Å². The van der Waals surface area contributed by atoms with Crippen LogP contribution in [0.2, 0.25) is 5.02 Å². The van der Waals surface area contributed by atoms with Gasteiger partial charge in [-0.05, 0) is 38.1 Å². The zero-order chi connectivity index (χ0) is 13.2. The minimum Gasteiger partial charge on any atom is -0.317 e. The SMILES string of the molecule is CCC(=O)C1(c2c(F)cccc2Cl)CCNCC1. The highest BCUT2D eigenvalue weighted by Gasteiger charge is 2.42. The normalized spacial score (nSPS) is 18.6. The zero-order valence-corrected chi connectivity index (χ0v) is 11.2. The molecule has 0 saturated carbocycles. The molecule has 0 aromatic heterocycles. The summed E-state index contributed by atoms with van der Waals surface area (Å²) in [5.74, 6) is -0.290. The first-order chi connectivity index (χ1) is 8.62. The maximum absolute atomic E-state index is 14.1. The fraction of sp³-hybridized carbons (Fsp3) is 0.500. The Morgan fingerprint density at radius 3 is 2.67 bits per heavy atom. The van der Waals surface area contributed by atoms with E-state index < -0.39 is 5.41 Å². The summed E-state index contributed by atoms with van der Waals surface area (Å²) in [6.07, 6.45) is 1.63. The summed E-state index contributed by atoms with van der Waals surface area (Å²) in [7, 11) is 0.